The van der Waals surface area contributed by atoms with Crippen LogP contribution < -0.4 is 16.2 Å². The van der Waals surface area contributed by atoms with Crippen molar-refractivity contribution in [1.82, 2.24) is 21.1 Å². The van der Waals surface area contributed by atoms with E-state index >= 15 is 0 Å². The number of thiophene rings is 1. The molecule has 7 heteroatoms. The van der Waals surface area contributed by atoms with Gasteiger partial charge in [-0.15, -0.1) is 11.3 Å². The van der Waals surface area contributed by atoms with Gasteiger partial charge in [0.05, 0.1) is 11.4 Å². The van der Waals surface area contributed by atoms with Crippen LogP contribution in [0.3, 0.4) is 0 Å². The molecule has 2 rings (SSSR count). The topological polar surface area (TPSA) is 73.5 Å². The lowest BCUT2D eigenvalue weighted by Crippen LogP contribution is -2.50. The molecule has 2 amide bonds. The molecule has 0 unspecified atom stereocenters. The number of hydrogen-bond donors (Lipinski definition) is 3. The van der Waals surface area contributed by atoms with Crippen molar-refractivity contribution in [3.63, 3.8) is 0 Å². The minimum absolute atomic E-state index is 0.193. The number of amides is 2. The van der Waals surface area contributed by atoms with E-state index in [0.29, 0.717) is 11.4 Å². The van der Waals surface area contributed by atoms with E-state index in [0.717, 1.165) is 26.2 Å². The summed E-state index contributed by atoms with van der Waals surface area (Å²) in [6.07, 6.45) is 0. The summed E-state index contributed by atoms with van der Waals surface area (Å²) < 4.78 is 0. The third-order valence-electron chi connectivity index (χ3n) is 2.64. The van der Waals surface area contributed by atoms with Gasteiger partial charge < -0.3 is 5.32 Å². The third-order valence-corrected chi connectivity index (χ3v) is 3.51. The first-order valence-corrected chi connectivity index (χ1v) is 6.69. The quantitative estimate of drug-likeness (QED) is 0.641. The second-order valence-corrected chi connectivity index (χ2v) is 4.95. The molecule has 1 aromatic heterocycles. The molecule has 0 saturated carbocycles. The Labute approximate surface area is 109 Å². The Morgan fingerprint density at radius 3 is 2.78 bits per heavy atom. The van der Waals surface area contributed by atoms with Crippen molar-refractivity contribution in [2.45, 2.75) is 0 Å². The van der Waals surface area contributed by atoms with Crippen LogP contribution in [0.25, 0.3) is 0 Å². The molecular formula is C11H16N4O2S. The van der Waals surface area contributed by atoms with Crippen LogP contribution in [0, 0.1) is 0 Å². The van der Waals surface area contributed by atoms with Crippen LogP contribution >= 0.6 is 11.3 Å². The second kappa shape index (κ2) is 6.48. The molecule has 1 aliphatic rings. The molecule has 0 radical (unpaired) electrons. The zero-order chi connectivity index (χ0) is 12.8. The molecule has 1 aromatic rings. The van der Waals surface area contributed by atoms with Gasteiger partial charge in [-0.3, -0.25) is 25.3 Å². The lowest BCUT2D eigenvalue weighted by atomic mass is 10.3. The maximum absolute atomic E-state index is 11.6. The lowest BCUT2D eigenvalue weighted by Gasteiger charge is -2.26. The minimum Gasteiger partial charge on any atom is -0.314 e. The van der Waals surface area contributed by atoms with E-state index in [4.69, 9.17) is 0 Å². The molecule has 1 saturated heterocycles. The summed E-state index contributed by atoms with van der Waals surface area (Å²) >= 11 is 1.34. The maximum atomic E-state index is 11.6. The minimum atomic E-state index is -0.279. The average Bonchev–Trinajstić information content (AvgIpc) is 2.91. The van der Waals surface area contributed by atoms with Gasteiger partial charge in [0.2, 0.25) is 0 Å². The van der Waals surface area contributed by atoms with Crippen LogP contribution in [0.1, 0.15) is 9.67 Å². The molecular weight excluding hydrogens is 252 g/mol. The van der Waals surface area contributed by atoms with E-state index in [1.807, 2.05) is 10.3 Å². The van der Waals surface area contributed by atoms with Gasteiger partial charge >= 0.3 is 0 Å². The zero-order valence-corrected chi connectivity index (χ0v) is 10.8. The molecule has 0 aromatic carbocycles. The highest BCUT2D eigenvalue weighted by atomic mass is 32.1. The van der Waals surface area contributed by atoms with Crippen LogP contribution in [0.5, 0.6) is 0 Å². The van der Waals surface area contributed by atoms with Gasteiger partial charge in [-0.05, 0) is 11.4 Å². The summed E-state index contributed by atoms with van der Waals surface area (Å²) in [4.78, 5) is 25.8. The molecule has 0 spiro atoms. The third kappa shape index (κ3) is 3.80. The largest absolute Gasteiger partial charge is 0.314 e. The highest BCUT2D eigenvalue weighted by molar-refractivity contribution is 7.12. The number of carbonyl (C=O) groups excluding carboxylic acids is 2. The number of carbonyl (C=O) groups is 2. The van der Waals surface area contributed by atoms with Crippen molar-refractivity contribution in [1.29, 1.82) is 0 Å². The monoisotopic (exact) mass is 268 g/mol. The maximum Gasteiger partial charge on any atom is 0.279 e. The Kier molecular flexibility index (Phi) is 4.68. The van der Waals surface area contributed by atoms with E-state index in [2.05, 4.69) is 16.2 Å². The number of hydrazine groups is 1. The molecule has 1 aliphatic heterocycles. The first-order chi connectivity index (χ1) is 8.75. The molecule has 3 N–H and O–H groups in total. The normalized spacial score (nSPS) is 16.2. The van der Waals surface area contributed by atoms with Gasteiger partial charge in [0.15, 0.2) is 0 Å². The average molecular weight is 268 g/mol. The molecule has 2 heterocycles. The van der Waals surface area contributed by atoms with Crippen LogP contribution in [-0.2, 0) is 4.79 Å². The summed E-state index contributed by atoms with van der Waals surface area (Å²) in [5.74, 6) is -0.472. The summed E-state index contributed by atoms with van der Waals surface area (Å²) in [5, 5.41) is 5.03. The van der Waals surface area contributed by atoms with E-state index < -0.39 is 0 Å². The van der Waals surface area contributed by atoms with Crippen molar-refractivity contribution in [3.8, 4) is 0 Å². The van der Waals surface area contributed by atoms with E-state index in [1.54, 1.807) is 12.1 Å². The van der Waals surface area contributed by atoms with Gasteiger partial charge in [-0.1, -0.05) is 6.07 Å². The van der Waals surface area contributed by atoms with Crippen molar-refractivity contribution in [3.05, 3.63) is 22.4 Å². The van der Waals surface area contributed by atoms with Crippen LogP contribution in [0.15, 0.2) is 17.5 Å². The van der Waals surface area contributed by atoms with Crippen molar-refractivity contribution in [2.24, 2.45) is 0 Å². The molecule has 18 heavy (non-hydrogen) atoms. The smallest absolute Gasteiger partial charge is 0.279 e. The number of piperazine rings is 1. The second-order valence-electron chi connectivity index (χ2n) is 4.01. The Balaban J connectivity index is 1.69. The van der Waals surface area contributed by atoms with Crippen molar-refractivity contribution < 1.29 is 9.59 Å². The number of nitrogens with zero attached hydrogens (tertiary/aromatic N) is 1. The van der Waals surface area contributed by atoms with Gasteiger partial charge in [0, 0.05) is 26.2 Å². The number of nitrogens with one attached hydrogen (secondary N) is 3. The molecule has 0 atom stereocenters. The number of hydrogen-bond acceptors (Lipinski definition) is 5. The van der Waals surface area contributed by atoms with Crippen molar-refractivity contribution >= 4 is 23.2 Å². The van der Waals surface area contributed by atoms with Gasteiger partial charge in [0.1, 0.15) is 0 Å². The Bertz CT molecular complexity index is 401. The molecule has 0 bridgehead atoms. The van der Waals surface area contributed by atoms with Crippen LogP contribution in [0.4, 0.5) is 0 Å². The summed E-state index contributed by atoms with van der Waals surface area (Å²) in [6, 6.07) is 3.50. The van der Waals surface area contributed by atoms with Gasteiger partial charge in [-0.25, -0.2) is 0 Å². The van der Waals surface area contributed by atoms with E-state index in [9.17, 15) is 9.59 Å². The van der Waals surface area contributed by atoms with Crippen LogP contribution in [0.2, 0.25) is 0 Å². The van der Waals surface area contributed by atoms with Gasteiger partial charge in [-0.2, -0.15) is 0 Å². The predicted molar refractivity (Wildman–Crippen MR) is 69.2 cm³/mol. The Morgan fingerprint density at radius 2 is 2.11 bits per heavy atom. The van der Waals surface area contributed by atoms with Crippen LogP contribution in [-0.4, -0.2) is 49.4 Å². The highest BCUT2D eigenvalue weighted by Gasteiger charge is 2.14. The molecule has 1 fully saturated rings. The summed E-state index contributed by atoms with van der Waals surface area (Å²) in [5.41, 5.74) is 4.83. The standard InChI is InChI=1S/C11H16N4O2S/c16-10(8-15-5-3-12-4-6-15)13-14-11(17)9-2-1-7-18-9/h1-2,7,12H,3-6,8H2,(H,13,16)(H,14,17). The predicted octanol–water partition coefficient (Wildman–Crippen LogP) is -0.586. The van der Waals surface area contributed by atoms with Gasteiger partial charge in [0.25, 0.3) is 11.8 Å². The highest BCUT2D eigenvalue weighted by Crippen LogP contribution is 2.06. The number of rotatable bonds is 3. The lowest BCUT2D eigenvalue weighted by molar-refractivity contribution is -0.123. The summed E-state index contributed by atoms with van der Waals surface area (Å²) in [6.45, 7) is 3.81. The first-order valence-electron chi connectivity index (χ1n) is 5.81. The fraction of sp³-hybridized carbons (Fsp3) is 0.455. The first kappa shape index (κ1) is 13.0. The van der Waals surface area contributed by atoms with Crippen molar-refractivity contribution in [2.75, 3.05) is 32.7 Å². The fourth-order valence-corrected chi connectivity index (χ4v) is 2.33. The molecule has 6 nitrogen and oxygen atoms in total. The Morgan fingerprint density at radius 1 is 1.33 bits per heavy atom. The summed E-state index contributed by atoms with van der Waals surface area (Å²) in [7, 11) is 0. The van der Waals surface area contributed by atoms with E-state index in [1.165, 1.54) is 11.3 Å². The van der Waals surface area contributed by atoms with E-state index in [-0.39, 0.29) is 11.8 Å². The zero-order valence-electron chi connectivity index (χ0n) is 9.94. The molecule has 98 valence electrons. The fourth-order valence-electron chi connectivity index (χ4n) is 1.71. The Hall–Kier alpha value is -1.44. The molecule has 0 aliphatic carbocycles. The SMILES string of the molecule is O=C(CN1CCNCC1)NNC(=O)c1cccs1.